The van der Waals surface area contributed by atoms with Crippen molar-refractivity contribution in [1.82, 2.24) is 10.1 Å². The number of halogens is 1. The van der Waals surface area contributed by atoms with Gasteiger partial charge in [0.1, 0.15) is 12.0 Å². The lowest BCUT2D eigenvalue weighted by Crippen LogP contribution is -1.97. The number of furan rings is 1. The van der Waals surface area contributed by atoms with Crippen LogP contribution in [-0.4, -0.2) is 10.1 Å². The normalized spacial score (nSPS) is 10.4. The van der Waals surface area contributed by atoms with E-state index in [1.54, 1.807) is 13.2 Å². The van der Waals surface area contributed by atoms with Crippen molar-refractivity contribution in [3.05, 3.63) is 28.4 Å². The third-order valence-electron chi connectivity index (χ3n) is 1.56. The summed E-state index contributed by atoms with van der Waals surface area (Å²) >= 11 is 3.29. The number of rotatable bonds is 3. The van der Waals surface area contributed by atoms with Crippen LogP contribution in [0, 0.1) is 6.92 Å². The van der Waals surface area contributed by atoms with Gasteiger partial charge in [0, 0.05) is 0 Å². The van der Waals surface area contributed by atoms with Crippen LogP contribution in [0.2, 0.25) is 0 Å². The zero-order valence-electron chi connectivity index (χ0n) is 7.45. The molecule has 0 spiro atoms. The van der Waals surface area contributed by atoms with E-state index in [4.69, 9.17) is 8.94 Å². The van der Waals surface area contributed by atoms with Gasteiger partial charge in [-0.05, 0) is 28.9 Å². The van der Waals surface area contributed by atoms with Gasteiger partial charge >= 0.3 is 6.01 Å². The summed E-state index contributed by atoms with van der Waals surface area (Å²) < 4.78 is 11.0. The van der Waals surface area contributed by atoms with Gasteiger partial charge in [0.05, 0.1) is 11.0 Å². The van der Waals surface area contributed by atoms with Gasteiger partial charge in [0.25, 0.3) is 0 Å². The van der Waals surface area contributed by atoms with Crippen LogP contribution in [0.4, 0.5) is 6.01 Å². The Labute approximate surface area is 88.6 Å². The molecule has 0 fully saturated rings. The Bertz CT molecular complexity index is 383. The third kappa shape index (κ3) is 2.14. The van der Waals surface area contributed by atoms with Gasteiger partial charge in [-0.1, -0.05) is 5.16 Å². The van der Waals surface area contributed by atoms with Crippen LogP contribution in [-0.2, 0) is 6.54 Å². The van der Waals surface area contributed by atoms with Crippen molar-refractivity contribution >= 4 is 21.9 Å². The molecule has 0 amide bonds. The number of nitrogens with zero attached hydrogens (tertiary/aromatic N) is 2. The summed E-state index contributed by atoms with van der Waals surface area (Å²) in [5.74, 6) is 1.40. The maximum absolute atomic E-state index is 5.19. The van der Waals surface area contributed by atoms with Crippen LogP contribution in [0.3, 0.4) is 0 Å². The molecule has 0 saturated carbocycles. The first-order valence-electron chi connectivity index (χ1n) is 4.01. The molecule has 1 N–H and O–H groups in total. The average Bonchev–Trinajstić information content (AvgIpc) is 2.72. The van der Waals surface area contributed by atoms with E-state index in [-0.39, 0.29) is 0 Å². The smallest absolute Gasteiger partial charge is 0.321 e. The van der Waals surface area contributed by atoms with Crippen LogP contribution in [0.5, 0.6) is 0 Å². The molecule has 0 aliphatic carbocycles. The lowest BCUT2D eigenvalue weighted by Gasteiger charge is -1.95. The first-order chi connectivity index (χ1) is 6.74. The molecule has 0 unspecified atom stereocenters. The van der Waals surface area contributed by atoms with Crippen molar-refractivity contribution in [1.29, 1.82) is 0 Å². The molecular formula is C8H8BrN3O2. The summed E-state index contributed by atoms with van der Waals surface area (Å²) in [6, 6.07) is 2.27. The van der Waals surface area contributed by atoms with Crippen molar-refractivity contribution in [2.75, 3.05) is 5.32 Å². The van der Waals surface area contributed by atoms with Gasteiger partial charge in [-0.15, -0.1) is 0 Å². The summed E-state index contributed by atoms with van der Waals surface area (Å²) in [5, 5.41) is 6.59. The van der Waals surface area contributed by atoms with Crippen LogP contribution in [0.15, 0.2) is 25.7 Å². The maximum Gasteiger partial charge on any atom is 0.321 e. The Balaban J connectivity index is 1.94. The SMILES string of the molecule is Cc1noc(NCc2cc(Br)co2)n1. The monoisotopic (exact) mass is 257 g/mol. The highest BCUT2D eigenvalue weighted by molar-refractivity contribution is 9.10. The van der Waals surface area contributed by atoms with E-state index in [2.05, 4.69) is 31.4 Å². The second-order valence-corrected chi connectivity index (χ2v) is 3.65. The second-order valence-electron chi connectivity index (χ2n) is 2.73. The molecule has 0 aromatic carbocycles. The lowest BCUT2D eigenvalue weighted by atomic mass is 10.4. The summed E-state index contributed by atoms with van der Waals surface area (Å²) in [5.41, 5.74) is 0. The van der Waals surface area contributed by atoms with E-state index in [0.29, 0.717) is 18.4 Å². The van der Waals surface area contributed by atoms with E-state index in [9.17, 15) is 0 Å². The van der Waals surface area contributed by atoms with Crippen molar-refractivity contribution in [3.8, 4) is 0 Å². The molecule has 5 nitrogen and oxygen atoms in total. The zero-order valence-corrected chi connectivity index (χ0v) is 9.04. The molecule has 2 aromatic heterocycles. The van der Waals surface area contributed by atoms with E-state index in [1.807, 2.05) is 6.07 Å². The van der Waals surface area contributed by atoms with E-state index < -0.39 is 0 Å². The maximum atomic E-state index is 5.19. The topological polar surface area (TPSA) is 64.1 Å². The molecule has 14 heavy (non-hydrogen) atoms. The highest BCUT2D eigenvalue weighted by Crippen LogP contribution is 2.15. The fourth-order valence-electron chi connectivity index (χ4n) is 0.978. The Morgan fingerprint density at radius 3 is 3.00 bits per heavy atom. The quantitative estimate of drug-likeness (QED) is 0.915. The zero-order chi connectivity index (χ0) is 9.97. The van der Waals surface area contributed by atoms with Crippen LogP contribution < -0.4 is 5.32 Å². The van der Waals surface area contributed by atoms with Gasteiger partial charge in [0.15, 0.2) is 5.82 Å². The molecule has 0 saturated heterocycles. The number of aromatic nitrogens is 2. The number of aryl methyl sites for hydroxylation is 1. The van der Waals surface area contributed by atoms with Gasteiger partial charge in [-0.2, -0.15) is 4.98 Å². The van der Waals surface area contributed by atoms with Crippen LogP contribution >= 0.6 is 15.9 Å². The molecule has 74 valence electrons. The highest BCUT2D eigenvalue weighted by atomic mass is 79.9. The molecule has 0 atom stereocenters. The number of hydrogen-bond acceptors (Lipinski definition) is 5. The number of nitrogens with one attached hydrogen (secondary N) is 1. The largest absolute Gasteiger partial charge is 0.466 e. The van der Waals surface area contributed by atoms with Gasteiger partial charge in [-0.25, -0.2) is 0 Å². The lowest BCUT2D eigenvalue weighted by molar-refractivity contribution is 0.422. The number of anilines is 1. The van der Waals surface area contributed by atoms with Crippen LogP contribution in [0.25, 0.3) is 0 Å². The number of hydrogen-bond donors (Lipinski definition) is 1. The highest BCUT2D eigenvalue weighted by Gasteiger charge is 2.03. The molecule has 0 aliphatic rings. The minimum Gasteiger partial charge on any atom is -0.466 e. The second kappa shape index (κ2) is 3.83. The van der Waals surface area contributed by atoms with Gasteiger partial charge in [-0.3, -0.25) is 0 Å². The van der Waals surface area contributed by atoms with Gasteiger partial charge in [0.2, 0.25) is 0 Å². The first-order valence-corrected chi connectivity index (χ1v) is 4.80. The fraction of sp³-hybridized carbons (Fsp3) is 0.250. The minimum absolute atomic E-state index is 0.398. The Morgan fingerprint density at radius 2 is 2.43 bits per heavy atom. The molecule has 2 aromatic rings. The molecular weight excluding hydrogens is 250 g/mol. The predicted octanol–water partition coefficient (Wildman–Crippen LogP) is 2.35. The van der Waals surface area contributed by atoms with E-state index in [0.717, 1.165) is 10.2 Å². The van der Waals surface area contributed by atoms with Crippen molar-refractivity contribution in [2.45, 2.75) is 13.5 Å². The first kappa shape index (κ1) is 9.26. The third-order valence-corrected chi connectivity index (χ3v) is 1.98. The van der Waals surface area contributed by atoms with Crippen molar-refractivity contribution in [2.24, 2.45) is 0 Å². The molecule has 2 heterocycles. The summed E-state index contributed by atoms with van der Waals surface area (Å²) in [6.07, 6.45) is 1.62. The Hall–Kier alpha value is -1.30. The Kier molecular flexibility index (Phi) is 2.53. The summed E-state index contributed by atoms with van der Waals surface area (Å²) in [7, 11) is 0. The molecule has 0 aliphatic heterocycles. The average molecular weight is 258 g/mol. The molecule has 0 radical (unpaired) electrons. The fourth-order valence-corrected chi connectivity index (χ4v) is 1.33. The van der Waals surface area contributed by atoms with Gasteiger partial charge < -0.3 is 14.3 Å². The van der Waals surface area contributed by atoms with E-state index >= 15 is 0 Å². The molecule has 2 rings (SSSR count). The molecule has 6 heteroatoms. The molecule has 0 bridgehead atoms. The summed E-state index contributed by atoms with van der Waals surface area (Å²) in [6.45, 7) is 2.28. The van der Waals surface area contributed by atoms with Crippen molar-refractivity contribution in [3.63, 3.8) is 0 Å². The van der Waals surface area contributed by atoms with Crippen molar-refractivity contribution < 1.29 is 8.94 Å². The van der Waals surface area contributed by atoms with E-state index in [1.165, 1.54) is 0 Å². The standard InChI is InChI=1S/C8H8BrN3O2/c1-5-11-8(14-12-5)10-3-7-2-6(9)4-13-7/h2,4H,3H2,1H3,(H,10,11,12). The minimum atomic E-state index is 0.398. The predicted molar refractivity (Wildman–Crippen MR) is 52.8 cm³/mol. The summed E-state index contributed by atoms with van der Waals surface area (Å²) in [4.78, 5) is 3.99. The van der Waals surface area contributed by atoms with Crippen LogP contribution in [0.1, 0.15) is 11.6 Å². The Morgan fingerprint density at radius 1 is 1.57 bits per heavy atom.